The van der Waals surface area contributed by atoms with Gasteiger partial charge in [0.25, 0.3) is 0 Å². The fourth-order valence-electron chi connectivity index (χ4n) is 3.20. The number of hydrogen-bond donors (Lipinski definition) is 0. The van der Waals surface area contributed by atoms with Crippen molar-refractivity contribution < 1.29 is 18.7 Å². The number of carbonyl (C=O) groups is 1. The lowest BCUT2D eigenvalue weighted by Crippen LogP contribution is -2.06. The molecule has 0 spiro atoms. The first-order valence-corrected chi connectivity index (χ1v) is 8.34. The molecule has 4 aromatic rings. The van der Waals surface area contributed by atoms with E-state index in [2.05, 4.69) is 0 Å². The molecule has 27 heavy (non-hydrogen) atoms. The predicted octanol–water partition coefficient (Wildman–Crippen LogP) is 4.41. The summed E-state index contributed by atoms with van der Waals surface area (Å²) in [5, 5.41) is 1.79. The average molecular weight is 360 g/mol. The van der Waals surface area contributed by atoms with Crippen LogP contribution in [0, 0.1) is 0 Å². The molecule has 0 fully saturated rings. The SMILES string of the molecule is COC(=O)c1cc2c(cc1OC)oc(=O)c1ccc(-c3ccccc3)cc12. The van der Waals surface area contributed by atoms with Gasteiger partial charge in [-0.3, -0.25) is 0 Å². The first-order chi connectivity index (χ1) is 13.1. The first kappa shape index (κ1) is 16.8. The minimum absolute atomic E-state index is 0.271. The summed E-state index contributed by atoms with van der Waals surface area (Å²) in [6, 6.07) is 18.6. The zero-order chi connectivity index (χ0) is 19.0. The van der Waals surface area contributed by atoms with Gasteiger partial charge in [-0.15, -0.1) is 0 Å². The van der Waals surface area contributed by atoms with Crippen LogP contribution in [0.15, 0.2) is 69.9 Å². The minimum atomic E-state index is -0.521. The summed E-state index contributed by atoms with van der Waals surface area (Å²) < 4.78 is 15.5. The molecule has 0 aliphatic rings. The lowest BCUT2D eigenvalue weighted by molar-refractivity contribution is 0.0597. The van der Waals surface area contributed by atoms with Gasteiger partial charge in [-0.1, -0.05) is 36.4 Å². The monoisotopic (exact) mass is 360 g/mol. The zero-order valence-corrected chi connectivity index (χ0v) is 14.8. The summed E-state index contributed by atoms with van der Waals surface area (Å²) in [5.74, 6) is -0.233. The van der Waals surface area contributed by atoms with Gasteiger partial charge < -0.3 is 13.9 Å². The van der Waals surface area contributed by atoms with Crippen LogP contribution < -0.4 is 10.4 Å². The van der Waals surface area contributed by atoms with Gasteiger partial charge in [0.15, 0.2) is 0 Å². The van der Waals surface area contributed by atoms with Crippen LogP contribution in [-0.4, -0.2) is 20.2 Å². The molecule has 0 aliphatic heterocycles. The third-order valence-corrected chi connectivity index (χ3v) is 4.55. The maximum absolute atomic E-state index is 12.4. The van der Waals surface area contributed by atoms with Crippen molar-refractivity contribution in [3.05, 3.63) is 76.6 Å². The van der Waals surface area contributed by atoms with Crippen molar-refractivity contribution in [1.82, 2.24) is 0 Å². The van der Waals surface area contributed by atoms with E-state index in [0.717, 1.165) is 11.1 Å². The van der Waals surface area contributed by atoms with E-state index < -0.39 is 11.6 Å². The van der Waals surface area contributed by atoms with Gasteiger partial charge in [-0.25, -0.2) is 9.59 Å². The van der Waals surface area contributed by atoms with Crippen LogP contribution in [0.5, 0.6) is 5.75 Å². The Morgan fingerprint density at radius 1 is 0.852 bits per heavy atom. The Labute approximate surface area is 154 Å². The Morgan fingerprint density at radius 2 is 1.63 bits per heavy atom. The van der Waals surface area contributed by atoms with Gasteiger partial charge in [-0.2, -0.15) is 0 Å². The Balaban J connectivity index is 2.08. The molecule has 0 aliphatic carbocycles. The van der Waals surface area contributed by atoms with Crippen molar-refractivity contribution in [2.45, 2.75) is 0 Å². The van der Waals surface area contributed by atoms with E-state index in [1.807, 2.05) is 42.5 Å². The maximum atomic E-state index is 12.4. The Bertz CT molecular complexity index is 1220. The third-order valence-electron chi connectivity index (χ3n) is 4.55. The van der Waals surface area contributed by atoms with Gasteiger partial charge in [0, 0.05) is 16.8 Å². The number of esters is 1. The van der Waals surface area contributed by atoms with Crippen molar-refractivity contribution in [2.75, 3.05) is 14.2 Å². The Hall–Kier alpha value is -3.60. The van der Waals surface area contributed by atoms with Crippen molar-refractivity contribution >= 4 is 27.7 Å². The normalized spacial score (nSPS) is 10.9. The van der Waals surface area contributed by atoms with E-state index in [4.69, 9.17) is 13.9 Å². The van der Waals surface area contributed by atoms with E-state index in [1.54, 1.807) is 12.1 Å². The molecule has 1 aromatic heterocycles. The van der Waals surface area contributed by atoms with Crippen molar-refractivity contribution in [3.63, 3.8) is 0 Å². The molecule has 4 rings (SSSR count). The highest BCUT2D eigenvalue weighted by Crippen LogP contribution is 2.32. The van der Waals surface area contributed by atoms with Gasteiger partial charge in [0.1, 0.15) is 16.9 Å². The second-order valence-electron chi connectivity index (χ2n) is 6.06. The van der Waals surface area contributed by atoms with Crippen LogP contribution in [0.25, 0.3) is 32.9 Å². The van der Waals surface area contributed by atoms with E-state index in [-0.39, 0.29) is 11.3 Å². The molecule has 0 saturated heterocycles. The minimum Gasteiger partial charge on any atom is -0.496 e. The summed E-state index contributed by atoms with van der Waals surface area (Å²) in [6.07, 6.45) is 0. The Kier molecular flexibility index (Phi) is 4.12. The molecule has 0 N–H and O–H groups in total. The number of carbonyl (C=O) groups excluding carboxylic acids is 1. The van der Waals surface area contributed by atoms with Crippen molar-refractivity contribution in [2.24, 2.45) is 0 Å². The van der Waals surface area contributed by atoms with Crippen LogP contribution >= 0.6 is 0 Å². The number of hydrogen-bond acceptors (Lipinski definition) is 5. The van der Waals surface area contributed by atoms with Gasteiger partial charge in [-0.05, 0) is 29.3 Å². The highest BCUT2D eigenvalue weighted by molar-refractivity contribution is 6.09. The maximum Gasteiger partial charge on any atom is 0.344 e. The molecule has 134 valence electrons. The van der Waals surface area contributed by atoms with E-state index >= 15 is 0 Å². The van der Waals surface area contributed by atoms with Crippen LogP contribution in [0.3, 0.4) is 0 Å². The molecular weight excluding hydrogens is 344 g/mol. The van der Waals surface area contributed by atoms with Crippen LogP contribution in [0.2, 0.25) is 0 Å². The molecule has 0 saturated carbocycles. The largest absolute Gasteiger partial charge is 0.496 e. The molecule has 5 nitrogen and oxygen atoms in total. The lowest BCUT2D eigenvalue weighted by Gasteiger charge is -2.10. The second kappa shape index (κ2) is 6.61. The molecule has 0 amide bonds. The van der Waals surface area contributed by atoms with Crippen LogP contribution in [0.1, 0.15) is 10.4 Å². The fourth-order valence-corrected chi connectivity index (χ4v) is 3.20. The topological polar surface area (TPSA) is 65.7 Å². The molecule has 0 atom stereocenters. The molecule has 3 aromatic carbocycles. The average Bonchev–Trinajstić information content (AvgIpc) is 2.72. The standard InChI is InChI=1S/C22H16O5/c1-25-19-12-20-17(11-18(19)21(23)26-2)16-10-14(13-6-4-3-5-7-13)8-9-15(16)22(24)27-20/h3-12H,1-2H3. The quantitative estimate of drug-likeness (QED) is 0.308. The highest BCUT2D eigenvalue weighted by Gasteiger charge is 2.18. The zero-order valence-electron chi connectivity index (χ0n) is 14.8. The summed E-state index contributed by atoms with van der Waals surface area (Å²) in [5.41, 5.74) is 2.17. The predicted molar refractivity (Wildman–Crippen MR) is 103 cm³/mol. The van der Waals surface area contributed by atoms with Gasteiger partial charge >= 0.3 is 11.6 Å². The van der Waals surface area contributed by atoms with Crippen molar-refractivity contribution in [1.29, 1.82) is 0 Å². The van der Waals surface area contributed by atoms with E-state index in [1.165, 1.54) is 20.3 Å². The lowest BCUT2D eigenvalue weighted by atomic mass is 9.99. The summed E-state index contributed by atoms with van der Waals surface area (Å²) in [4.78, 5) is 24.5. The van der Waals surface area contributed by atoms with Crippen LogP contribution in [0.4, 0.5) is 0 Å². The number of benzene rings is 3. The Morgan fingerprint density at radius 3 is 2.33 bits per heavy atom. The van der Waals surface area contributed by atoms with E-state index in [0.29, 0.717) is 21.7 Å². The molecule has 1 heterocycles. The van der Waals surface area contributed by atoms with Gasteiger partial charge in [0.05, 0.1) is 19.6 Å². The van der Waals surface area contributed by atoms with Gasteiger partial charge in [0.2, 0.25) is 0 Å². The van der Waals surface area contributed by atoms with Crippen LogP contribution in [-0.2, 0) is 4.74 Å². The number of rotatable bonds is 3. The first-order valence-electron chi connectivity index (χ1n) is 8.34. The fraction of sp³-hybridized carbons (Fsp3) is 0.0909. The molecule has 0 bridgehead atoms. The molecular formula is C22H16O5. The molecule has 0 radical (unpaired) electrons. The summed E-state index contributed by atoms with van der Waals surface area (Å²) >= 11 is 0. The summed E-state index contributed by atoms with van der Waals surface area (Å²) in [7, 11) is 2.75. The number of methoxy groups -OCH3 is 2. The molecule has 0 unspecified atom stereocenters. The third kappa shape index (κ3) is 2.83. The van der Waals surface area contributed by atoms with Crippen molar-refractivity contribution in [3.8, 4) is 16.9 Å². The van der Waals surface area contributed by atoms with E-state index in [9.17, 15) is 9.59 Å². The molecule has 5 heteroatoms. The smallest absolute Gasteiger partial charge is 0.344 e. The second-order valence-corrected chi connectivity index (χ2v) is 6.06. The highest BCUT2D eigenvalue weighted by atomic mass is 16.5. The summed E-state index contributed by atoms with van der Waals surface area (Å²) in [6.45, 7) is 0. The number of ether oxygens (including phenoxy) is 2. The number of fused-ring (bicyclic) bond motifs is 3.